The molecule has 2 N–H and O–H groups in total. The van der Waals surface area contributed by atoms with Crippen molar-refractivity contribution in [3.05, 3.63) is 0 Å². The highest BCUT2D eigenvalue weighted by Crippen LogP contribution is 2.02. The van der Waals surface area contributed by atoms with E-state index in [1.807, 2.05) is 0 Å². The van der Waals surface area contributed by atoms with Crippen molar-refractivity contribution >= 4 is 5.97 Å². The molecule has 5 nitrogen and oxygen atoms in total. The number of unbranched alkanes of at least 4 members (excludes halogenated alkanes) is 2. The maximum Gasteiger partial charge on any atom is 0.305 e. The van der Waals surface area contributed by atoms with Crippen molar-refractivity contribution in [1.82, 2.24) is 5.32 Å². The predicted molar refractivity (Wildman–Crippen MR) is 75.5 cm³/mol. The first-order valence-electron chi connectivity index (χ1n) is 7.27. The van der Waals surface area contributed by atoms with E-state index in [0.29, 0.717) is 25.9 Å². The van der Waals surface area contributed by atoms with Gasteiger partial charge in [-0.3, -0.25) is 4.79 Å². The predicted octanol–water partition coefficient (Wildman–Crippen LogP) is 2.05. The van der Waals surface area contributed by atoms with Gasteiger partial charge < -0.3 is 19.9 Å². The molecule has 0 amide bonds. The van der Waals surface area contributed by atoms with Crippen LogP contribution in [-0.2, 0) is 14.3 Å². The second-order valence-electron chi connectivity index (χ2n) is 4.72. The van der Waals surface area contributed by atoms with Gasteiger partial charge in [-0.05, 0) is 13.3 Å². The minimum Gasteiger partial charge on any atom is -0.481 e. The number of rotatable bonds is 14. The number of carbonyl (C=O) groups is 1. The Labute approximate surface area is 116 Å². The van der Waals surface area contributed by atoms with E-state index in [0.717, 1.165) is 6.54 Å². The number of aliphatic carboxylic acids is 1. The summed E-state index contributed by atoms with van der Waals surface area (Å²) in [5.41, 5.74) is 0. The molecular weight excluding hydrogens is 246 g/mol. The van der Waals surface area contributed by atoms with E-state index < -0.39 is 5.97 Å². The van der Waals surface area contributed by atoms with Crippen molar-refractivity contribution in [2.24, 2.45) is 0 Å². The molecule has 0 radical (unpaired) electrons. The molecule has 0 saturated carbocycles. The number of carboxylic acid groups (broad SMARTS) is 1. The van der Waals surface area contributed by atoms with Crippen LogP contribution in [0.5, 0.6) is 0 Å². The molecule has 0 aromatic heterocycles. The fourth-order valence-electron chi connectivity index (χ4n) is 1.66. The van der Waals surface area contributed by atoms with Crippen LogP contribution in [0.2, 0.25) is 0 Å². The lowest BCUT2D eigenvalue weighted by molar-refractivity contribution is -0.138. The number of ether oxygens (including phenoxy) is 2. The highest BCUT2D eigenvalue weighted by molar-refractivity contribution is 5.66. The summed E-state index contributed by atoms with van der Waals surface area (Å²) >= 11 is 0. The van der Waals surface area contributed by atoms with Gasteiger partial charge in [-0.1, -0.05) is 26.2 Å². The van der Waals surface area contributed by atoms with Crippen LogP contribution >= 0.6 is 0 Å². The van der Waals surface area contributed by atoms with Crippen LogP contribution in [-0.4, -0.2) is 50.1 Å². The average Bonchev–Trinajstić information content (AvgIpc) is 2.36. The van der Waals surface area contributed by atoms with Crippen LogP contribution in [0.25, 0.3) is 0 Å². The topological polar surface area (TPSA) is 67.8 Å². The smallest absolute Gasteiger partial charge is 0.305 e. The molecule has 19 heavy (non-hydrogen) atoms. The number of hydrogen-bond acceptors (Lipinski definition) is 4. The van der Waals surface area contributed by atoms with Gasteiger partial charge in [-0.15, -0.1) is 0 Å². The fourth-order valence-corrected chi connectivity index (χ4v) is 1.66. The molecule has 1 atom stereocenters. The molecule has 0 saturated heterocycles. The zero-order chi connectivity index (χ0) is 14.3. The molecule has 1 unspecified atom stereocenters. The van der Waals surface area contributed by atoms with Crippen molar-refractivity contribution in [1.29, 1.82) is 0 Å². The van der Waals surface area contributed by atoms with Gasteiger partial charge in [0.2, 0.25) is 0 Å². The maximum absolute atomic E-state index is 10.2. The zero-order valence-corrected chi connectivity index (χ0v) is 12.3. The molecule has 0 aromatic carbocycles. The fraction of sp³-hybridized carbons (Fsp3) is 0.929. The Kier molecular flexibility index (Phi) is 13.3. The van der Waals surface area contributed by atoms with Crippen molar-refractivity contribution < 1.29 is 19.4 Å². The third-order valence-corrected chi connectivity index (χ3v) is 2.81. The molecular formula is C14H29NO4. The minimum absolute atomic E-state index is 0.0524. The van der Waals surface area contributed by atoms with E-state index in [2.05, 4.69) is 19.2 Å². The quantitative estimate of drug-likeness (QED) is 0.475. The lowest BCUT2D eigenvalue weighted by Crippen LogP contribution is -2.29. The second kappa shape index (κ2) is 13.8. The molecule has 114 valence electrons. The normalized spacial score (nSPS) is 12.5. The zero-order valence-electron chi connectivity index (χ0n) is 12.3. The summed E-state index contributed by atoms with van der Waals surface area (Å²) in [7, 11) is 0. The second-order valence-corrected chi connectivity index (χ2v) is 4.72. The number of nitrogens with one attached hydrogen (secondary N) is 1. The van der Waals surface area contributed by atoms with Crippen LogP contribution in [0.15, 0.2) is 0 Å². The van der Waals surface area contributed by atoms with Crippen LogP contribution in [0, 0.1) is 0 Å². The highest BCUT2D eigenvalue weighted by atomic mass is 16.5. The van der Waals surface area contributed by atoms with Crippen LogP contribution in [0.3, 0.4) is 0 Å². The van der Waals surface area contributed by atoms with Gasteiger partial charge in [-0.25, -0.2) is 0 Å². The van der Waals surface area contributed by atoms with Gasteiger partial charge in [0.05, 0.1) is 32.8 Å². The molecule has 0 aliphatic carbocycles. The molecule has 0 aliphatic heterocycles. The molecule has 0 rings (SSSR count). The van der Waals surface area contributed by atoms with Crippen molar-refractivity contribution in [3.8, 4) is 0 Å². The van der Waals surface area contributed by atoms with Crippen molar-refractivity contribution in [2.75, 3.05) is 33.0 Å². The SMILES string of the molecule is CCCCCC(C)NCCOCCOCCC(=O)O. The molecule has 0 aliphatic rings. The van der Waals surface area contributed by atoms with Crippen LogP contribution in [0.1, 0.15) is 46.0 Å². The molecule has 0 aromatic rings. The largest absolute Gasteiger partial charge is 0.481 e. The first-order valence-corrected chi connectivity index (χ1v) is 7.27. The number of hydrogen-bond donors (Lipinski definition) is 2. The Balaban J connectivity index is 3.11. The highest BCUT2D eigenvalue weighted by Gasteiger charge is 2.00. The van der Waals surface area contributed by atoms with Gasteiger partial charge >= 0.3 is 5.97 Å². The first-order chi connectivity index (χ1) is 9.16. The summed E-state index contributed by atoms with van der Waals surface area (Å²) in [6.07, 6.45) is 5.11. The van der Waals surface area contributed by atoms with E-state index in [1.54, 1.807) is 0 Å². The maximum atomic E-state index is 10.2. The monoisotopic (exact) mass is 275 g/mol. The van der Waals surface area contributed by atoms with E-state index in [1.165, 1.54) is 25.7 Å². The Morgan fingerprint density at radius 3 is 2.47 bits per heavy atom. The van der Waals surface area contributed by atoms with Crippen LogP contribution < -0.4 is 5.32 Å². The van der Waals surface area contributed by atoms with E-state index in [-0.39, 0.29) is 13.0 Å². The van der Waals surface area contributed by atoms with Crippen molar-refractivity contribution in [3.63, 3.8) is 0 Å². The average molecular weight is 275 g/mol. The van der Waals surface area contributed by atoms with Crippen LogP contribution in [0.4, 0.5) is 0 Å². The first kappa shape index (κ1) is 18.4. The molecule has 5 heteroatoms. The third-order valence-electron chi connectivity index (χ3n) is 2.81. The van der Waals surface area contributed by atoms with Gasteiger partial charge in [0, 0.05) is 12.6 Å². The Morgan fingerprint density at radius 1 is 1.16 bits per heavy atom. The van der Waals surface area contributed by atoms with Gasteiger partial charge in [0.15, 0.2) is 0 Å². The van der Waals surface area contributed by atoms with E-state index in [4.69, 9.17) is 14.6 Å². The molecule has 0 fully saturated rings. The van der Waals surface area contributed by atoms with E-state index in [9.17, 15) is 4.79 Å². The third kappa shape index (κ3) is 15.3. The lowest BCUT2D eigenvalue weighted by atomic mass is 10.1. The Hall–Kier alpha value is -0.650. The minimum atomic E-state index is -0.831. The van der Waals surface area contributed by atoms with Gasteiger partial charge in [-0.2, -0.15) is 0 Å². The standard InChI is InChI=1S/C14H29NO4/c1-3-4-5-6-13(2)15-8-10-19-12-11-18-9-7-14(16)17/h13,15H,3-12H2,1-2H3,(H,16,17). The van der Waals surface area contributed by atoms with E-state index >= 15 is 0 Å². The summed E-state index contributed by atoms with van der Waals surface area (Å²) < 4.78 is 10.5. The lowest BCUT2D eigenvalue weighted by Gasteiger charge is -2.13. The summed E-state index contributed by atoms with van der Waals surface area (Å²) in [4.78, 5) is 10.2. The summed E-state index contributed by atoms with van der Waals surface area (Å²) in [5.74, 6) is -0.831. The summed E-state index contributed by atoms with van der Waals surface area (Å²) in [6, 6.07) is 0.543. The summed E-state index contributed by atoms with van der Waals surface area (Å²) in [6.45, 7) is 7.16. The van der Waals surface area contributed by atoms with Gasteiger partial charge in [0.25, 0.3) is 0 Å². The Morgan fingerprint density at radius 2 is 1.84 bits per heavy atom. The summed E-state index contributed by atoms with van der Waals surface area (Å²) in [5, 5.41) is 11.8. The number of carboxylic acids is 1. The molecule has 0 heterocycles. The Bertz CT molecular complexity index is 212. The van der Waals surface area contributed by atoms with Gasteiger partial charge in [0.1, 0.15) is 0 Å². The van der Waals surface area contributed by atoms with Crippen molar-refractivity contribution in [2.45, 2.75) is 52.0 Å². The molecule has 0 spiro atoms. The molecule has 0 bridgehead atoms.